The molecule has 2 aromatic rings. The van der Waals surface area contributed by atoms with Gasteiger partial charge in [0.05, 0.1) is 22.0 Å². The molecule has 14 heavy (non-hydrogen) atoms. The minimum Gasteiger partial charge on any atom is -0.397 e. The quantitative estimate of drug-likeness (QED) is 0.861. The van der Waals surface area contributed by atoms with Gasteiger partial charge in [0.15, 0.2) is 0 Å². The predicted molar refractivity (Wildman–Crippen MR) is 63.3 cm³/mol. The third kappa shape index (κ3) is 1.49. The van der Waals surface area contributed by atoms with Gasteiger partial charge in [-0.2, -0.15) is 5.26 Å². The number of nitriles is 1. The summed E-state index contributed by atoms with van der Waals surface area (Å²) in [6.07, 6.45) is 0.450. The third-order valence-electron chi connectivity index (χ3n) is 2.03. The highest BCUT2D eigenvalue weighted by Gasteiger charge is 2.06. The van der Waals surface area contributed by atoms with Crippen LogP contribution < -0.4 is 5.73 Å². The molecule has 4 heteroatoms. The summed E-state index contributed by atoms with van der Waals surface area (Å²) in [5.74, 6) is 0. The second kappa shape index (κ2) is 3.60. The van der Waals surface area contributed by atoms with Gasteiger partial charge in [0.1, 0.15) is 0 Å². The maximum absolute atomic E-state index is 8.57. The minimum atomic E-state index is 0.450. The molecule has 0 aliphatic heterocycles. The van der Waals surface area contributed by atoms with E-state index in [1.54, 1.807) is 11.3 Å². The van der Waals surface area contributed by atoms with Gasteiger partial charge in [0, 0.05) is 10.1 Å². The average Bonchev–Trinajstić information content (AvgIpc) is 2.43. The second-order valence-corrected chi connectivity index (χ2v) is 5.32. The van der Waals surface area contributed by atoms with Gasteiger partial charge < -0.3 is 5.73 Å². The maximum atomic E-state index is 8.57. The van der Waals surface area contributed by atoms with E-state index in [9.17, 15) is 0 Å². The van der Waals surface area contributed by atoms with Crippen LogP contribution >= 0.6 is 27.3 Å². The minimum absolute atomic E-state index is 0.450. The van der Waals surface area contributed by atoms with Crippen LogP contribution in [0.5, 0.6) is 0 Å². The van der Waals surface area contributed by atoms with Crippen molar-refractivity contribution in [3.05, 3.63) is 27.5 Å². The molecule has 2 rings (SSSR count). The van der Waals surface area contributed by atoms with Crippen molar-refractivity contribution in [1.82, 2.24) is 0 Å². The van der Waals surface area contributed by atoms with Crippen molar-refractivity contribution in [1.29, 1.82) is 5.26 Å². The van der Waals surface area contributed by atoms with E-state index in [4.69, 9.17) is 11.0 Å². The molecule has 2 nitrogen and oxygen atoms in total. The number of thiophene rings is 1. The Morgan fingerprint density at radius 2 is 2.29 bits per heavy atom. The molecule has 0 bridgehead atoms. The van der Waals surface area contributed by atoms with E-state index in [0.29, 0.717) is 6.42 Å². The topological polar surface area (TPSA) is 49.8 Å². The molecule has 1 aromatic carbocycles. The Kier molecular flexibility index (Phi) is 2.44. The fourth-order valence-corrected chi connectivity index (χ4v) is 2.98. The van der Waals surface area contributed by atoms with Gasteiger partial charge in [-0.25, -0.2) is 0 Å². The zero-order valence-electron chi connectivity index (χ0n) is 7.25. The van der Waals surface area contributed by atoms with Gasteiger partial charge in [0.2, 0.25) is 0 Å². The summed E-state index contributed by atoms with van der Waals surface area (Å²) >= 11 is 5.00. The third-order valence-corrected chi connectivity index (χ3v) is 3.90. The van der Waals surface area contributed by atoms with Crippen molar-refractivity contribution in [3.63, 3.8) is 0 Å². The van der Waals surface area contributed by atoms with Crippen LogP contribution in [0, 0.1) is 11.3 Å². The largest absolute Gasteiger partial charge is 0.397 e. The molecular formula is C10H7BrN2S. The number of hydrogen-bond donors (Lipinski definition) is 1. The number of anilines is 1. The van der Waals surface area contributed by atoms with Crippen LogP contribution in [0.3, 0.4) is 0 Å². The van der Waals surface area contributed by atoms with E-state index in [-0.39, 0.29) is 0 Å². The van der Waals surface area contributed by atoms with E-state index in [2.05, 4.69) is 22.0 Å². The van der Waals surface area contributed by atoms with E-state index in [1.807, 2.05) is 18.2 Å². The fraction of sp³-hybridized carbons (Fsp3) is 0.100. The first-order valence-corrected chi connectivity index (χ1v) is 5.66. The Labute approximate surface area is 94.1 Å². The average molecular weight is 267 g/mol. The summed E-state index contributed by atoms with van der Waals surface area (Å²) in [6, 6.07) is 8.07. The summed E-state index contributed by atoms with van der Waals surface area (Å²) in [4.78, 5) is 0. The van der Waals surface area contributed by atoms with Crippen LogP contribution in [0.2, 0.25) is 0 Å². The molecule has 0 amide bonds. The molecule has 0 fully saturated rings. The standard InChI is InChI=1S/C10H7BrN2S/c11-10-9(13)7-2-1-6(3-4-12)5-8(7)14-10/h1-2,5H,3,13H2. The number of rotatable bonds is 1. The summed E-state index contributed by atoms with van der Waals surface area (Å²) in [5.41, 5.74) is 7.68. The lowest BCUT2D eigenvalue weighted by Gasteiger charge is -1.95. The molecule has 0 spiro atoms. The summed E-state index contributed by atoms with van der Waals surface area (Å²) in [5, 5.41) is 9.63. The van der Waals surface area contributed by atoms with Crippen molar-refractivity contribution in [2.45, 2.75) is 6.42 Å². The number of benzene rings is 1. The Morgan fingerprint density at radius 3 is 3.00 bits per heavy atom. The second-order valence-electron chi connectivity index (χ2n) is 2.95. The molecule has 0 atom stereocenters. The number of hydrogen-bond acceptors (Lipinski definition) is 3. The normalized spacial score (nSPS) is 10.3. The van der Waals surface area contributed by atoms with Gasteiger partial charge in [0.25, 0.3) is 0 Å². The zero-order chi connectivity index (χ0) is 10.1. The lowest BCUT2D eigenvalue weighted by atomic mass is 10.1. The van der Waals surface area contributed by atoms with E-state index >= 15 is 0 Å². The van der Waals surface area contributed by atoms with Crippen LogP contribution in [0.25, 0.3) is 10.1 Å². The predicted octanol–water partition coefficient (Wildman–Crippen LogP) is 3.31. The molecule has 70 valence electrons. The molecule has 0 saturated heterocycles. The lowest BCUT2D eigenvalue weighted by Crippen LogP contribution is -1.83. The lowest BCUT2D eigenvalue weighted by molar-refractivity contribution is 1.27. The first-order chi connectivity index (χ1) is 6.72. The van der Waals surface area contributed by atoms with Crippen LogP contribution in [-0.2, 0) is 6.42 Å². The highest BCUT2D eigenvalue weighted by molar-refractivity contribution is 9.11. The molecule has 2 N–H and O–H groups in total. The molecule has 0 radical (unpaired) electrons. The molecule has 0 saturated carbocycles. The van der Waals surface area contributed by atoms with Gasteiger partial charge in [-0.05, 0) is 27.6 Å². The number of fused-ring (bicyclic) bond motifs is 1. The molecular weight excluding hydrogens is 260 g/mol. The Balaban J connectivity index is 2.63. The highest BCUT2D eigenvalue weighted by Crippen LogP contribution is 2.37. The number of nitrogen functional groups attached to an aromatic ring is 1. The molecule has 0 unspecified atom stereocenters. The maximum Gasteiger partial charge on any atom is 0.0940 e. The van der Waals surface area contributed by atoms with Gasteiger partial charge in [-0.1, -0.05) is 12.1 Å². The smallest absolute Gasteiger partial charge is 0.0940 e. The highest BCUT2D eigenvalue weighted by atomic mass is 79.9. The van der Waals surface area contributed by atoms with E-state index in [1.165, 1.54) is 0 Å². The zero-order valence-corrected chi connectivity index (χ0v) is 9.65. The first kappa shape index (κ1) is 9.50. The summed E-state index contributed by atoms with van der Waals surface area (Å²) in [7, 11) is 0. The van der Waals surface area contributed by atoms with Crippen LogP contribution in [0.4, 0.5) is 5.69 Å². The first-order valence-electron chi connectivity index (χ1n) is 4.05. The van der Waals surface area contributed by atoms with Gasteiger partial charge in [-0.15, -0.1) is 11.3 Å². The fourth-order valence-electron chi connectivity index (χ4n) is 1.33. The van der Waals surface area contributed by atoms with E-state index < -0.39 is 0 Å². The monoisotopic (exact) mass is 266 g/mol. The SMILES string of the molecule is N#CCc1ccc2c(N)c(Br)sc2c1. The molecule has 0 aliphatic carbocycles. The Hall–Kier alpha value is -1.05. The van der Waals surface area contributed by atoms with Crippen molar-refractivity contribution in [2.24, 2.45) is 0 Å². The van der Waals surface area contributed by atoms with Crippen LogP contribution in [0.1, 0.15) is 5.56 Å². The van der Waals surface area contributed by atoms with Crippen molar-refractivity contribution in [3.8, 4) is 6.07 Å². The Morgan fingerprint density at radius 1 is 1.50 bits per heavy atom. The number of nitrogens with zero attached hydrogens (tertiary/aromatic N) is 1. The number of halogens is 1. The van der Waals surface area contributed by atoms with Gasteiger partial charge in [-0.3, -0.25) is 0 Å². The molecule has 1 heterocycles. The van der Waals surface area contributed by atoms with Crippen molar-refractivity contribution >= 4 is 43.0 Å². The van der Waals surface area contributed by atoms with E-state index in [0.717, 1.165) is 25.1 Å². The van der Waals surface area contributed by atoms with Crippen molar-refractivity contribution in [2.75, 3.05) is 5.73 Å². The van der Waals surface area contributed by atoms with Crippen LogP contribution in [0.15, 0.2) is 22.0 Å². The van der Waals surface area contributed by atoms with Crippen molar-refractivity contribution < 1.29 is 0 Å². The molecule has 1 aromatic heterocycles. The van der Waals surface area contributed by atoms with Crippen LogP contribution in [-0.4, -0.2) is 0 Å². The Bertz CT molecular complexity index is 525. The molecule has 0 aliphatic rings. The van der Waals surface area contributed by atoms with Gasteiger partial charge >= 0.3 is 0 Å². The summed E-state index contributed by atoms with van der Waals surface area (Å²) in [6.45, 7) is 0. The number of nitrogens with two attached hydrogens (primary N) is 1. The summed E-state index contributed by atoms with van der Waals surface area (Å²) < 4.78 is 2.09.